The van der Waals surface area contributed by atoms with Gasteiger partial charge < -0.3 is 5.32 Å². The number of amides is 1. The maximum atomic E-state index is 11.8. The van der Waals surface area contributed by atoms with Crippen molar-refractivity contribution in [3.8, 4) is 0 Å². The van der Waals surface area contributed by atoms with Crippen LogP contribution in [-0.2, 0) is 11.3 Å². The van der Waals surface area contributed by atoms with E-state index in [1.165, 1.54) is 24.3 Å². The summed E-state index contributed by atoms with van der Waals surface area (Å²) >= 11 is 0. The van der Waals surface area contributed by atoms with E-state index in [1.54, 1.807) is 4.68 Å². The molecule has 0 bridgehead atoms. The van der Waals surface area contributed by atoms with Gasteiger partial charge in [-0.05, 0) is 32.0 Å². The van der Waals surface area contributed by atoms with Crippen LogP contribution in [0.1, 0.15) is 17.8 Å². The Morgan fingerprint density at radius 3 is 2.52 bits per heavy atom. The molecule has 1 amide bonds. The standard InChI is InChI=1S/C14H16N4O3/c1-10-9-11(2)17(16-10)8-7-14(19)15-12-3-5-13(6-4-12)18(20)21/h3-6,9H,7-8H2,1-2H3,(H,15,19). The molecule has 1 N–H and O–H groups in total. The number of carbonyl (C=O) groups excluding carboxylic acids is 1. The fraction of sp³-hybridized carbons (Fsp3) is 0.286. The molecule has 110 valence electrons. The fourth-order valence-corrected chi connectivity index (χ4v) is 2.00. The zero-order valence-electron chi connectivity index (χ0n) is 11.9. The minimum Gasteiger partial charge on any atom is -0.326 e. The van der Waals surface area contributed by atoms with Crippen molar-refractivity contribution in [2.24, 2.45) is 0 Å². The van der Waals surface area contributed by atoms with Gasteiger partial charge in [-0.3, -0.25) is 19.6 Å². The highest BCUT2D eigenvalue weighted by atomic mass is 16.6. The lowest BCUT2D eigenvalue weighted by Gasteiger charge is -2.06. The Bertz CT molecular complexity index is 661. The summed E-state index contributed by atoms with van der Waals surface area (Å²) in [7, 11) is 0. The van der Waals surface area contributed by atoms with Gasteiger partial charge in [-0.1, -0.05) is 0 Å². The van der Waals surface area contributed by atoms with Crippen LogP contribution in [0.2, 0.25) is 0 Å². The van der Waals surface area contributed by atoms with E-state index in [4.69, 9.17) is 0 Å². The lowest BCUT2D eigenvalue weighted by molar-refractivity contribution is -0.384. The lowest BCUT2D eigenvalue weighted by atomic mass is 10.2. The smallest absolute Gasteiger partial charge is 0.269 e. The Balaban J connectivity index is 1.89. The average Bonchev–Trinajstić information content (AvgIpc) is 2.75. The minimum absolute atomic E-state index is 0.00404. The third-order valence-electron chi connectivity index (χ3n) is 3.02. The molecule has 21 heavy (non-hydrogen) atoms. The summed E-state index contributed by atoms with van der Waals surface area (Å²) in [5, 5.41) is 17.5. The first-order valence-corrected chi connectivity index (χ1v) is 6.51. The minimum atomic E-state index is -0.478. The van der Waals surface area contributed by atoms with Crippen LogP contribution in [0.15, 0.2) is 30.3 Å². The van der Waals surface area contributed by atoms with Crippen LogP contribution >= 0.6 is 0 Å². The Kier molecular flexibility index (Phi) is 4.32. The third-order valence-corrected chi connectivity index (χ3v) is 3.02. The van der Waals surface area contributed by atoms with Crippen LogP contribution in [0, 0.1) is 24.0 Å². The fourth-order valence-electron chi connectivity index (χ4n) is 2.00. The second kappa shape index (κ2) is 6.17. The number of rotatable bonds is 5. The Labute approximate surface area is 121 Å². The van der Waals surface area contributed by atoms with Crippen LogP contribution in [0.5, 0.6) is 0 Å². The molecule has 0 fully saturated rings. The molecular formula is C14H16N4O3. The molecule has 7 heteroatoms. The molecular weight excluding hydrogens is 272 g/mol. The van der Waals surface area contributed by atoms with Crippen molar-refractivity contribution in [3.05, 3.63) is 51.8 Å². The molecule has 0 unspecified atom stereocenters. The van der Waals surface area contributed by atoms with Crippen molar-refractivity contribution in [2.45, 2.75) is 26.8 Å². The average molecular weight is 288 g/mol. The highest BCUT2D eigenvalue weighted by Crippen LogP contribution is 2.15. The molecule has 0 aliphatic heterocycles. The molecule has 2 rings (SSSR count). The Morgan fingerprint density at radius 2 is 2.00 bits per heavy atom. The van der Waals surface area contributed by atoms with Gasteiger partial charge in [-0.15, -0.1) is 0 Å². The van der Waals surface area contributed by atoms with Gasteiger partial charge in [-0.25, -0.2) is 0 Å². The van der Waals surface area contributed by atoms with Crippen molar-refractivity contribution in [1.82, 2.24) is 9.78 Å². The van der Waals surface area contributed by atoms with Crippen LogP contribution in [0.3, 0.4) is 0 Å². The van der Waals surface area contributed by atoms with E-state index in [1.807, 2.05) is 19.9 Å². The third kappa shape index (κ3) is 3.88. The molecule has 0 atom stereocenters. The van der Waals surface area contributed by atoms with Crippen molar-refractivity contribution < 1.29 is 9.72 Å². The maximum absolute atomic E-state index is 11.8. The predicted molar refractivity (Wildman–Crippen MR) is 78.0 cm³/mol. The number of carbonyl (C=O) groups is 1. The number of hydrogen-bond donors (Lipinski definition) is 1. The number of aryl methyl sites for hydroxylation is 3. The SMILES string of the molecule is Cc1cc(C)n(CCC(=O)Nc2ccc([N+](=O)[O-])cc2)n1. The predicted octanol–water partition coefficient (Wildman–Crippen LogP) is 2.44. The number of hydrogen-bond acceptors (Lipinski definition) is 4. The highest BCUT2D eigenvalue weighted by Gasteiger charge is 2.08. The molecule has 0 saturated heterocycles. The lowest BCUT2D eigenvalue weighted by Crippen LogP contribution is -2.15. The van der Waals surface area contributed by atoms with E-state index in [2.05, 4.69) is 10.4 Å². The summed E-state index contributed by atoms with van der Waals surface area (Å²) < 4.78 is 1.78. The number of benzene rings is 1. The molecule has 0 aliphatic carbocycles. The Hall–Kier alpha value is -2.70. The molecule has 1 aromatic heterocycles. The van der Waals surface area contributed by atoms with E-state index in [-0.39, 0.29) is 11.6 Å². The number of nitrogens with one attached hydrogen (secondary N) is 1. The van der Waals surface area contributed by atoms with Crippen molar-refractivity contribution in [1.29, 1.82) is 0 Å². The quantitative estimate of drug-likeness (QED) is 0.675. The summed E-state index contributed by atoms with van der Waals surface area (Å²) in [6, 6.07) is 7.69. The normalized spacial score (nSPS) is 10.4. The first-order valence-electron chi connectivity index (χ1n) is 6.51. The molecule has 1 aromatic carbocycles. The van der Waals surface area contributed by atoms with Crippen LogP contribution in [0.25, 0.3) is 0 Å². The van der Waals surface area contributed by atoms with E-state index >= 15 is 0 Å². The van der Waals surface area contributed by atoms with E-state index < -0.39 is 4.92 Å². The second-order valence-electron chi connectivity index (χ2n) is 4.75. The first kappa shape index (κ1) is 14.7. The number of nitrogens with zero attached hydrogens (tertiary/aromatic N) is 3. The number of aromatic nitrogens is 2. The molecule has 0 radical (unpaired) electrons. The monoisotopic (exact) mass is 288 g/mol. The van der Waals surface area contributed by atoms with E-state index in [0.717, 1.165) is 11.4 Å². The van der Waals surface area contributed by atoms with Crippen molar-refractivity contribution in [2.75, 3.05) is 5.32 Å². The molecule has 1 heterocycles. The summed E-state index contributed by atoms with van der Waals surface area (Å²) in [6.45, 7) is 4.34. The van der Waals surface area contributed by atoms with E-state index in [9.17, 15) is 14.9 Å². The number of anilines is 1. The van der Waals surface area contributed by atoms with Crippen molar-refractivity contribution in [3.63, 3.8) is 0 Å². The number of nitro benzene ring substituents is 1. The summed E-state index contributed by atoms with van der Waals surface area (Å²) in [5.41, 5.74) is 2.47. The van der Waals surface area contributed by atoms with Gasteiger partial charge in [0, 0.05) is 36.5 Å². The topological polar surface area (TPSA) is 90.1 Å². The summed E-state index contributed by atoms with van der Waals surface area (Å²) in [6.07, 6.45) is 0.291. The first-order chi connectivity index (χ1) is 9.95. The van der Waals surface area contributed by atoms with Crippen LogP contribution in [0.4, 0.5) is 11.4 Å². The number of non-ortho nitro benzene ring substituents is 1. The van der Waals surface area contributed by atoms with Gasteiger partial charge in [-0.2, -0.15) is 5.10 Å². The molecule has 0 aliphatic rings. The van der Waals surface area contributed by atoms with E-state index in [0.29, 0.717) is 18.7 Å². The van der Waals surface area contributed by atoms with Gasteiger partial charge in [0.15, 0.2) is 0 Å². The van der Waals surface area contributed by atoms with Gasteiger partial charge >= 0.3 is 0 Å². The van der Waals surface area contributed by atoms with Crippen LogP contribution in [-0.4, -0.2) is 20.6 Å². The van der Waals surface area contributed by atoms with Crippen molar-refractivity contribution >= 4 is 17.3 Å². The zero-order chi connectivity index (χ0) is 15.4. The van der Waals surface area contributed by atoms with Gasteiger partial charge in [0.2, 0.25) is 5.91 Å². The molecule has 0 saturated carbocycles. The second-order valence-corrected chi connectivity index (χ2v) is 4.75. The number of nitro groups is 1. The highest BCUT2D eigenvalue weighted by molar-refractivity contribution is 5.90. The largest absolute Gasteiger partial charge is 0.326 e. The van der Waals surface area contributed by atoms with Gasteiger partial charge in [0.1, 0.15) is 0 Å². The van der Waals surface area contributed by atoms with Crippen LogP contribution < -0.4 is 5.32 Å². The zero-order valence-corrected chi connectivity index (χ0v) is 11.9. The summed E-state index contributed by atoms with van der Waals surface area (Å²) in [4.78, 5) is 21.9. The molecule has 7 nitrogen and oxygen atoms in total. The Morgan fingerprint density at radius 1 is 1.33 bits per heavy atom. The molecule has 2 aromatic rings. The molecule has 0 spiro atoms. The van der Waals surface area contributed by atoms with Gasteiger partial charge in [0.25, 0.3) is 5.69 Å². The van der Waals surface area contributed by atoms with Gasteiger partial charge in [0.05, 0.1) is 10.6 Å². The summed E-state index contributed by atoms with van der Waals surface area (Å²) in [5.74, 6) is -0.156. The maximum Gasteiger partial charge on any atom is 0.269 e.